The van der Waals surface area contributed by atoms with E-state index in [4.69, 9.17) is 0 Å². The van der Waals surface area contributed by atoms with E-state index in [0.717, 1.165) is 16.2 Å². The van der Waals surface area contributed by atoms with Crippen molar-refractivity contribution in [3.8, 4) is 0 Å². The molecule has 7 nitrogen and oxygen atoms in total. The third-order valence-electron chi connectivity index (χ3n) is 3.49. The molecule has 9 heteroatoms. The molecule has 0 saturated heterocycles. The van der Waals surface area contributed by atoms with Crippen molar-refractivity contribution in [2.75, 3.05) is 0 Å². The molecular formula is C16H16N4O3S2. The highest BCUT2D eigenvalue weighted by Gasteiger charge is 2.12. The number of nitrogens with one attached hydrogen (secondary N) is 2. The molecule has 0 aromatic carbocycles. The van der Waals surface area contributed by atoms with E-state index in [1.165, 1.54) is 33.6 Å². The number of hydrogen-bond donors (Lipinski definition) is 2. The molecule has 3 amide bonds. The maximum Gasteiger partial charge on any atom is 0.321 e. The fourth-order valence-electron chi connectivity index (χ4n) is 2.24. The van der Waals surface area contributed by atoms with E-state index in [2.05, 4.69) is 15.6 Å². The zero-order valence-corrected chi connectivity index (χ0v) is 15.1. The average molecular weight is 376 g/mol. The summed E-state index contributed by atoms with van der Waals surface area (Å²) in [6.07, 6.45) is 2.16. The second-order valence-corrected chi connectivity index (χ2v) is 7.42. The molecule has 0 atom stereocenters. The Balaban J connectivity index is 1.62. The Bertz CT molecular complexity index is 960. The van der Waals surface area contributed by atoms with Crippen LogP contribution in [0.5, 0.6) is 0 Å². The SMILES string of the molecule is CCc1cc2c(=O)n(CC(=O)NC(=O)NCc3cccs3)cnc2s1. The Kier molecular flexibility index (Phi) is 5.25. The van der Waals surface area contributed by atoms with Crippen LogP contribution in [0.2, 0.25) is 0 Å². The van der Waals surface area contributed by atoms with Crippen molar-refractivity contribution in [2.24, 2.45) is 0 Å². The molecule has 3 aromatic rings. The summed E-state index contributed by atoms with van der Waals surface area (Å²) < 4.78 is 1.20. The van der Waals surface area contributed by atoms with Crippen LogP contribution in [0.15, 0.2) is 34.7 Å². The maximum atomic E-state index is 12.4. The van der Waals surface area contributed by atoms with Gasteiger partial charge in [0.05, 0.1) is 18.3 Å². The molecule has 0 fully saturated rings. The molecule has 3 rings (SSSR count). The standard InChI is InChI=1S/C16H16N4O3S2/c1-2-10-6-12-14(25-10)18-9-20(15(12)22)8-13(21)19-16(23)17-7-11-4-3-5-24-11/h3-6,9H,2,7-8H2,1H3,(H2,17,19,21,23). The number of thiophene rings is 2. The summed E-state index contributed by atoms with van der Waals surface area (Å²) >= 11 is 2.98. The molecule has 0 bridgehead atoms. The van der Waals surface area contributed by atoms with Crippen molar-refractivity contribution in [1.82, 2.24) is 20.2 Å². The number of rotatable bonds is 5. The summed E-state index contributed by atoms with van der Waals surface area (Å²) in [6, 6.07) is 4.98. The molecule has 3 aromatic heterocycles. The van der Waals surface area contributed by atoms with Gasteiger partial charge >= 0.3 is 6.03 Å². The molecular weight excluding hydrogens is 360 g/mol. The first-order valence-electron chi connectivity index (χ1n) is 7.64. The van der Waals surface area contributed by atoms with E-state index in [9.17, 15) is 14.4 Å². The quantitative estimate of drug-likeness (QED) is 0.713. The van der Waals surface area contributed by atoms with Gasteiger partial charge in [-0.3, -0.25) is 19.5 Å². The zero-order chi connectivity index (χ0) is 17.8. The second-order valence-electron chi connectivity index (χ2n) is 5.27. The van der Waals surface area contributed by atoms with Crippen LogP contribution in [0.1, 0.15) is 16.7 Å². The Morgan fingerprint density at radius 3 is 2.88 bits per heavy atom. The fraction of sp³-hybridized carbons (Fsp3) is 0.250. The summed E-state index contributed by atoms with van der Waals surface area (Å²) in [5.41, 5.74) is -0.282. The first-order valence-corrected chi connectivity index (χ1v) is 9.34. The number of hydrogen-bond acceptors (Lipinski definition) is 6. The van der Waals surface area contributed by atoms with Gasteiger partial charge in [0, 0.05) is 9.75 Å². The zero-order valence-electron chi connectivity index (χ0n) is 13.4. The Morgan fingerprint density at radius 2 is 2.16 bits per heavy atom. The monoisotopic (exact) mass is 376 g/mol. The minimum atomic E-state index is -0.593. The van der Waals surface area contributed by atoms with Crippen molar-refractivity contribution in [2.45, 2.75) is 26.4 Å². The van der Waals surface area contributed by atoms with Gasteiger partial charge in [-0.1, -0.05) is 13.0 Å². The Hall–Kier alpha value is -2.52. The first-order chi connectivity index (χ1) is 12.1. The van der Waals surface area contributed by atoms with Crippen molar-refractivity contribution < 1.29 is 9.59 Å². The van der Waals surface area contributed by atoms with Crippen LogP contribution in [-0.2, 0) is 24.3 Å². The number of amides is 3. The normalized spacial score (nSPS) is 10.8. The van der Waals surface area contributed by atoms with Gasteiger partial charge in [-0.15, -0.1) is 22.7 Å². The Labute approximate surface area is 151 Å². The summed E-state index contributed by atoms with van der Waals surface area (Å²) in [7, 11) is 0. The third-order valence-corrected chi connectivity index (χ3v) is 5.55. The van der Waals surface area contributed by atoms with Crippen LogP contribution >= 0.6 is 22.7 Å². The van der Waals surface area contributed by atoms with E-state index in [1.807, 2.05) is 24.4 Å². The number of carbonyl (C=O) groups excluding carboxylic acids is 2. The van der Waals surface area contributed by atoms with Gasteiger partial charge in [-0.05, 0) is 23.9 Å². The molecule has 0 aliphatic heterocycles. The van der Waals surface area contributed by atoms with E-state index in [0.29, 0.717) is 16.8 Å². The van der Waals surface area contributed by atoms with Crippen LogP contribution in [0.3, 0.4) is 0 Å². The van der Waals surface area contributed by atoms with Crippen LogP contribution in [0.25, 0.3) is 10.2 Å². The van der Waals surface area contributed by atoms with Crippen molar-refractivity contribution >= 4 is 44.8 Å². The lowest BCUT2D eigenvalue weighted by Crippen LogP contribution is -2.41. The summed E-state index contributed by atoms with van der Waals surface area (Å²) in [5, 5.41) is 7.21. The van der Waals surface area contributed by atoms with Crippen molar-refractivity contribution in [1.29, 1.82) is 0 Å². The third kappa shape index (κ3) is 4.12. The smallest absolute Gasteiger partial charge is 0.321 e. The van der Waals surface area contributed by atoms with E-state index in [-0.39, 0.29) is 12.1 Å². The number of aryl methyl sites for hydroxylation is 1. The fourth-order valence-corrected chi connectivity index (χ4v) is 3.81. The molecule has 3 heterocycles. The number of aromatic nitrogens is 2. The van der Waals surface area contributed by atoms with E-state index in [1.54, 1.807) is 6.07 Å². The van der Waals surface area contributed by atoms with Gasteiger partial charge in [0.1, 0.15) is 11.4 Å². The van der Waals surface area contributed by atoms with Crippen molar-refractivity contribution in [3.05, 3.63) is 50.0 Å². The number of carbonyl (C=O) groups is 2. The van der Waals surface area contributed by atoms with Gasteiger partial charge in [-0.2, -0.15) is 0 Å². The minimum absolute atomic E-state index is 0.258. The summed E-state index contributed by atoms with van der Waals surface area (Å²) in [5.74, 6) is -0.571. The lowest BCUT2D eigenvalue weighted by Gasteiger charge is -2.07. The predicted octanol–water partition coefficient (Wildman–Crippen LogP) is 2.11. The molecule has 0 spiro atoms. The summed E-state index contributed by atoms with van der Waals surface area (Å²) in [6.45, 7) is 2.09. The van der Waals surface area contributed by atoms with E-state index >= 15 is 0 Å². The van der Waals surface area contributed by atoms with Crippen LogP contribution in [0.4, 0.5) is 4.79 Å². The highest BCUT2D eigenvalue weighted by molar-refractivity contribution is 7.18. The first kappa shape index (κ1) is 17.3. The topological polar surface area (TPSA) is 93.1 Å². The van der Waals surface area contributed by atoms with Crippen molar-refractivity contribution in [3.63, 3.8) is 0 Å². The van der Waals surface area contributed by atoms with Gasteiger partial charge in [0.15, 0.2) is 0 Å². The highest BCUT2D eigenvalue weighted by atomic mass is 32.1. The molecule has 25 heavy (non-hydrogen) atoms. The number of imide groups is 1. The van der Waals surface area contributed by atoms with E-state index < -0.39 is 11.9 Å². The molecule has 0 aliphatic rings. The lowest BCUT2D eigenvalue weighted by molar-refractivity contribution is -0.120. The lowest BCUT2D eigenvalue weighted by atomic mass is 10.3. The minimum Gasteiger partial charge on any atom is -0.333 e. The van der Waals surface area contributed by atoms with Crippen LogP contribution < -0.4 is 16.2 Å². The Morgan fingerprint density at radius 1 is 1.32 bits per heavy atom. The van der Waals surface area contributed by atoms with Gasteiger partial charge in [0.2, 0.25) is 5.91 Å². The number of nitrogens with zero attached hydrogens (tertiary/aromatic N) is 2. The highest BCUT2D eigenvalue weighted by Crippen LogP contribution is 2.20. The number of fused-ring (bicyclic) bond motifs is 1. The molecule has 0 aliphatic carbocycles. The van der Waals surface area contributed by atoms with Gasteiger partial charge in [-0.25, -0.2) is 9.78 Å². The van der Waals surface area contributed by atoms with Gasteiger partial charge < -0.3 is 5.32 Å². The molecule has 130 valence electrons. The average Bonchev–Trinajstić information content (AvgIpc) is 3.24. The largest absolute Gasteiger partial charge is 0.333 e. The molecule has 0 unspecified atom stereocenters. The molecule has 0 saturated carbocycles. The predicted molar refractivity (Wildman–Crippen MR) is 98.0 cm³/mol. The number of urea groups is 1. The summed E-state index contributed by atoms with van der Waals surface area (Å²) in [4.78, 5) is 43.1. The molecule has 0 radical (unpaired) electrons. The second kappa shape index (κ2) is 7.58. The van der Waals surface area contributed by atoms with Crippen LogP contribution in [0, 0.1) is 0 Å². The molecule has 2 N–H and O–H groups in total. The van der Waals surface area contributed by atoms with Crippen LogP contribution in [-0.4, -0.2) is 21.5 Å². The van der Waals surface area contributed by atoms with Gasteiger partial charge in [0.25, 0.3) is 5.56 Å². The maximum absolute atomic E-state index is 12.4.